The first-order valence-corrected chi connectivity index (χ1v) is 9.41. The van der Waals surface area contributed by atoms with E-state index in [2.05, 4.69) is 30.1 Å². The first kappa shape index (κ1) is 20.8. The highest BCUT2D eigenvalue weighted by atomic mass is 16.5. The standard InChI is InChI=1S/C22H30N2O3/c1-5-24(6-2)21(18-8-7-9-20(14-18)26-4)15-23-22(25)16-27-19-12-10-17(3)11-13-19/h7-14,21H,5-6,15-16H2,1-4H3,(H,23,25). The summed E-state index contributed by atoms with van der Waals surface area (Å²) in [6.45, 7) is 8.58. The minimum absolute atomic E-state index is 0.00609. The second-order valence-corrected chi connectivity index (χ2v) is 6.42. The Labute approximate surface area is 162 Å². The summed E-state index contributed by atoms with van der Waals surface area (Å²) in [5, 5.41) is 3.00. The highest BCUT2D eigenvalue weighted by Gasteiger charge is 2.19. The lowest BCUT2D eigenvalue weighted by molar-refractivity contribution is -0.123. The van der Waals surface area contributed by atoms with Crippen LogP contribution < -0.4 is 14.8 Å². The summed E-state index contributed by atoms with van der Waals surface area (Å²) in [6.07, 6.45) is 0. The summed E-state index contributed by atoms with van der Waals surface area (Å²) in [5.41, 5.74) is 2.28. The molecule has 1 N–H and O–H groups in total. The number of hydrogen-bond acceptors (Lipinski definition) is 4. The van der Waals surface area contributed by atoms with Gasteiger partial charge in [0.1, 0.15) is 11.5 Å². The van der Waals surface area contributed by atoms with Gasteiger partial charge in [-0.3, -0.25) is 9.69 Å². The maximum atomic E-state index is 12.3. The zero-order valence-corrected chi connectivity index (χ0v) is 16.7. The van der Waals surface area contributed by atoms with Gasteiger partial charge in [0.25, 0.3) is 5.91 Å². The van der Waals surface area contributed by atoms with Crippen molar-refractivity contribution in [3.05, 3.63) is 59.7 Å². The molecule has 5 heteroatoms. The fourth-order valence-corrected chi connectivity index (χ4v) is 3.02. The molecule has 0 saturated heterocycles. The molecule has 0 heterocycles. The quantitative estimate of drug-likeness (QED) is 0.694. The number of carbonyl (C=O) groups is 1. The normalized spacial score (nSPS) is 11.9. The van der Waals surface area contributed by atoms with Gasteiger partial charge in [-0.1, -0.05) is 43.7 Å². The molecule has 0 fully saturated rings. The van der Waals surface area contributed by atoms with Crippen molar-refractivity contribution in [1.29, 1.82) is 0 Å². The van der Waals surface area contributed by atoms with Crippen molar-refractivity contribution in [2.45, 2.75) is 26.8 Å². The largest absolute Gasteiger partial charge is 0.497 e. The molecule has 0 radical (unpaired) electrons. The van der Waals surface area contributed by atoms with Crippen LogP contribution in [-0.2, 0) is 4.79 Å². The van der Waals surface area contributed by atoms with Crippen LogP contribution in [0.3, 0.4) is 0 Å². The van der Waals surface area contributed by atoms with Crippen LogP contribution in [0.2, 0.25) is 0 Å². The number of benzene rings is 2. The summed E-state index contributed by atoms with van der Waals surface area (Å²) in [6, 6.07) is 15.8. The topological polar surface area (TPSA) is 50.8 Å². The lowest BCUT2D eigenvalue weighted by atomic mass is 10.0. The minimum atomic E-state index is -0.129. The molecule has 5 nitrogen and oxygen atoms in total. The van der Waals surface area contributed by atoms with E-state index >= 15 is 0 Å². The van der Waals surface area contributed by atoms with Crippen LogP contribution in [0.4, 0.5) is 0 Å². The summed E-state index contributed by atoms with van der Waals surface area (Å²) >= 11 is 0. The van der Waals surface area contributed by atoms with Crippen molar-refractivity contribution in [3.63, 3.8) is 0 Å². The molecule has 0 bridgehead atoms. The van der Waals surface area contributed by atoms with E-state index in [1.54, 1.807) is 7.11 Å². The smallest absolute Gasteiger partial charge is 0.258 e. The number of ether oxygens (including phenoxy) is 2. The van der Waals surface area contributed by atoms with Crippen molar-refractivity contribution in [3.8, 4) is 11.5 Å². The summed E-state index contributed by atoms with van der Waals surface area (Å²) in [7, 11) is 1.66. The van der Waals surface area contributed by atoms with E-state index in [0.29, 0.717) is 12.3 Å². The van der Waals surface area contributed by atoms with Crippen LogP contribution in [0.25, 0.3) is 0 Å². The Balaban J connectivity index is 1.97. The van der Waals surface area contributed by atoms with Crippen molar-refractivity contribution in [1.82, 2.24) is 10.2 Å². The molecule has 0 aliphatic heterocycles. The summed E-state index contributed by atoms with van der Waals surface area (Å²) in [4.78, 5) is 14.6. The maximum Gasteiger partial charge on any atom is 0.258 e. The maximum absolute atomic E-state index is 12.3. The van der Waals surface area contributed by atoms with E-state index in [1.807, 2.05) is 49.4 Å². The molecular formula is C22H30N2O3. The highest BCUT2D eigenvalue weighted by molar-refractivity contribution is 5.77. The van der Waals surface area contributed by atoms with Crippen LogP contribution >= 0.6 is 0 Å². The van der Waals surface area contributed by atoms with Crippen LogP contribution in [0.1, 0.15) is 31.0 Å². The Morgan fingerprint density at radius 1 is 1.07 bits per heavy atom. The molecule has 2 rings (SSSR count). The predicted octanol–water partition coefficient (Wildman–Crippen LogP) is 3.58. The number of nitrogens with zero attached hydrogens (tertiary/aromatic N) is 1. The monoisotopic (exact) mass is 370 g/mol. The van der Waals surface area contributed by atoms with Gasteiger partial charge in [0.05, 0.1) is 13.2 Å². The Morgan fingerprint density at radius 2 is 1.78 bits per heavy atom. The van der Waals surface area contributed by atoms with E-state index in [1.165, 1.54) is 0 Å². The van der Waals surface area contributed by atoms with Crippen molar-refractivity contribution >= 4 is 5.91 Å². The Bertz CT molecular complexity index is 712. The molecule has 0 aliphatic rings. The molecular weight excluding hydrogens is 340 g/mol. The molecule has 1 amide bonds. The SMILES string of the molecule is CCN(CC)C(CNC(=O)COc1ccc(C)cc1)c1cccc(OC)c1. The van der Waals surface area contributed by atoms with Gasteiger partial charge < -0.3 is 14.8 Å². The fourth-order valence-electron chi connectivity index (χ4n) is 3.02. The zero-order chi connectivity index (χ0) is 19.6. The second kappa shape index (κ2) is 10.6. The van der Waals surface area contributed by atoms with E-state index in [0.717, 1.165) is 30.0 Å². The second-order valence-electron chi connectivity index (χ2n) is 6.42. The molecule has 2 aromatic rings. The van der Waals surface area contributed by atoms with Crippen LogP contribution in [0.15, 0.2) is 48.5 Å². The molecule has 1 atom stereocenters. The molecule has 0 saturated carbocycles. The molecule has 0 aliphatic carbocycles. The van der Waals surface area contributed by atoms with Gasteiger partial charge in [0.15, 0.2) is 6.61 Å². The highest BCUT2D eigenvalue weighted by Crippen LogP contribution is 2.23. The number of methoxy groups -OCH3 is 1. The number of rotatable bonds is 10. The first-order valence-electron chi connectivity index (χ1n) is 9.41. The van der Waals surface area contributed by atoms with Crippen LogP contribution in [0, 0.1) is 6.92 Å². The Hall–Kier alpha value is -2.53. The van der Waals surface area contributed by atoms with Crippen LogP contribution in [-0.4, -0.2) is 44.2 Å². The van der Waals surface area contributed by atoms with Gasteiger partial charge in [0.2, 0.25) is 0 Å². The van der Waals surface area contributed by atoms with E-state index in [-0.39, 0.29) is 18.6 Å². The van der Waals surface area contributed by atoms with Crippen LogP contribution in [0.5, 0.6) is 11.5 Å². The third-order valence-corrected chi connectivity index (χ3v) is 4.62. The van der Waals surface area contributed by atoms with Crippen molar-refractivity contribution < 1.29 is 14.3 Å². The molecule has 2 aromatic carbocycles. The van der Waals surface area contributed by atoms with Gasteiger partial charge in [-0.15, -0.1) is 0 Å². The number of amides is 1. The number of aryl methyl sites for hydroxylation is 1. The van der Waals surface area contributed by atoms with E-state index < -0.39 is 0 Å². The zero-order valence-electron chi connectivity index (χ0n) is 16.7. The average molecular weight is 370 g/mol. The molecule has 27 heavy (non-hydrogen) atoms. The fraction of sp³-hybridized carbons (Fsp3) is 0.409. The molecule has 0 spiro atoms. The molecule has 1 unspecified atom stereocenters. The minimum Gasteiger partial charge on any atom is -0.497 e. The number of likely N-dealkylation sites (N-methyl/N-ethyl adjacent to an activating group) is 1. The van der Waals surface area contributed by atoms with Crippen molar-refractivity contribution in [2.75, 3.05) is 33.4 Å². The Kier molecular flexibility index (Phi) is 8.14. The van der Waals surface area contributed by atoms with Gasteiger partial charge in [-0.2, -0.15) is 0 Å². The predicted molar refractivity (Wildman–Crippen MR) is 108 cm³/mol. The van der Waals surface area contributed by atoms with E-state index in [9.17, 15) is 4.79 Å². The summed E-state index contributed by atoms with van der Waals surface area (Å²) in [5.74, 6) is 1.39. The molecule has 146 valence electrons. The third-order valence-electron chi connectivity index (χ3n) is 4.62. The Morgan fingerprint density at radius 3 is 2.41 bits per heavy atom. The van der Waals surface area contributed by atoms with Crippen molar-refractivity contribution in [2.24, 2.45) is 0 Å². The van der Waals surface area contributed by atoms with Gasteiger partial charge in [0, 0.05) is 6.54 Å². The third kappa shape index (κ3) is 6.29. The lowest BCUT2D eigenvalue weighted by Crippen LogP contribution is -2.39. The lowest BCUT2D eigenvalue weighted by Gasteiger charge is -2.30. The van der Waals surface area contributed by atoms with Gasteiger partial charge in [-0.05, 0) is 49.8 Å². The van der Waals surface area contributed by atoms with E-state index in [4.69, 9.17) is 9.47 Å². The summed E-state index contributed by atoms with van der Waals surface area (Å²) < 4.78 is 10.9. The van der Waals surface area contributed by atoms with Gasteiger partial charge in [-0.25, -0.2) is 0 Å². The number of hydrogen-bond donors (Lipinski definition) is 1. The average Bonchev–Trinajstić information content (AvgIpc) is 2.70. The van der Waals surface area contributed by atoms with Gasteiger partial charge >= 0.3 is 0 Å². The number of nitrogens with one attached hydrogen (secondary N) is 1. The number of carbonyl (C=O) groups excluding carboxylic acids is 1. The molecule has 0 aromatic heterocycles. The first-order chi connectivity index (χ1) is 13.1.